The van der Waals surface area contributed by atoms with Gasteiger partial charge in [-0.2, -0.15) is 0 Å². The molecule has 0 saturated carbocycles. The van der Waals surface area contributed by atoms with Gasteiger partial charge in [0.1, 0.15) is 6.04 Å². The first-order valence-electron chi connectivity index (χ1n) is 9.61. The van der Waals surface area contributed by atoms with Gasteiger partial charge in [0, 0.05) is 51.9 Å². The highest BCUT2D eigenvalue weighted by Crippen LogP contribution is 2.40. The SMILES string of the molecule is CC(=O)N[C@@H](C)C(=O)N1CCC2(CCC(=O)N(Cc3ccncc3)C2)CC1. The Bertz CT molecular complexity index is 698. The van der Waals surface area contributed by atoms with Crippen molar-refractivity contribution in [3.05, 3.63) is 30.1 Å². The fourth-order valence-corrected chi connectivity index (χ4v) is 4.21. The first-order chi connectivity index (χ1) is 12.9. The van der Waals surface area contributed by atoms with Gasteiger partial charge in [-0.3, -0.25) is 19.4 Å². The maximum atomic E-state index is 12.5. The molecule has 3 amide bonds. The van der Waals surface area contributed by atoms with Crippen LogP contribution in [0, 0.1) is 5.41 Å². The number of likely N-dealkylation sites (tertiary alicyclic amines) is 2. The summed E-state index contributed by atoms with van der Waals surface area (Å²) in [4.78, 5) is 43.9. The third-order valence-corrected chi connectivity index (χ3v) is 5.80. The summed E-state index contributed by atoms with van der Waals surface area (Å²) < 4.78 is 0. The summed E-state index contributed by atoms with van der Waals surface area (Å²) in [5.74, 6) is -0.0160. The minimum absolute atomic E-state index is 0.0272. The predicted molar refractivity (Wildman–Crippen MR) is 100 cm³/mol. The van der Waals surface area contributed by atoms with Crippen LogP contribution in [-0.4, -0.2) is 58.2 Å². The minimum Gasteiger partial charge on any atom is -0.345 e. The Morgan fingerprint density at radius 3 is 2.52 bits per heavy atom. The van der Waals surface area contributed by atoms with Gasteiger partial charge in [0.15, 0.2) is 0 Å². The second-order valence-electron chi connectivity index (χ2n) is 7.85. The van der Waals surface area contributed by atoms with Gasteiger partial charge in [-0.15, -0.1) is 0 Å². The lowest BCUT2D eigenvalue weighted by Crippen LogP contribution is -2.54. The summed E-state index contributed by atoms with van der Waals surface area (Å²) in [6.07, 6.45) is 6.75. The number of carbonyl (C=O) groups excluding carboxylic acids is 3. The van der Waals surface area contributed by atoms with Crippen LogP contribution in [0.15, 0.2) is 24.5 Å². The Morgan fingerprint density at radius 1 is 1.22 bits per heavy atom. The first-order valence-corrected chi connectivity index (χ1v) is 9.61. The molecular weight excluding hydrogens is 344 g/mol. The van der Waals surface area contributed by atoms with Crippen LogP contribution >= 0.6 is 0 Å². The fraction of sp³-hybridized carbons (Fsp3) is 0.600. The molecule has 0 aromatic carbocycles. The van der Waals surface area contributed by atoms with Crippen LogP contribution in [0.5, 0.6) is 0 Å². The number of pyridine rings is 1. The molecule has 7 heteroatoms. The van der Waals surface area contributed by atoms with Crippen LogP contribution in [0.3, 0.4) is 0 Å². The fourth-order valence-electron chi connectivity index (χ4n) is 4.21. The third kappa shape index (κ3) is 4.64. The van der Waals surface area contributed by atoms with Gasteiger partial charge in [0.2, 0.25) is 17.7 Å². The lowest BCUT2D eigenvalue weighted by Gasteiger charge is -2.47. The highest BCUT2D eigenvalue weighted by Gasteiger charge is 2.42. The van der Waals surface area contributed by atoms with Crippen molar-refractivity contribution in [3.8, 4) is 0 Å². The maximum absolute atomic E-state index is 12.5. The number of nitrogens with one attached hydrogen (secondary N) is 1. The number of carbonyl (C=O) groups is 3. The topological polar surface area (TPSA) is 82.6 Å². The maximum Gasteiger partial charge on any atom is 0.244 e. The molecule has 0 unspecified atom stereocenters. The molecule has 1 aromatic heterocycles. The lowest BCUT2D eigenvalue weighted by molar-refractivity contribution is -0.144. The van der Waals surface area contributed by atoms with Crippen LogP contribution in [0.4, 0.5) is 0 Å². The van der Waals surface area contributed by atoms with E-state index in [1.54, 1.807) is 19.3 Å². The predicted octanol–water partition coefficient (Wildman–Crippen LogP) is 1.34. The Kier molecular flexibility index (Phi) is 5.77. The van der Waals surface area contributed by atoms with Gasteiger partial charge in [-0.05, 0) is 49.3 Å². The molecule has 3 rings (SSSR count). The molecule has 1 spiro atoms. The molecule has 2 saturated heterocycles. The molecule has 2 aliphatic heterocycles. The van der Waals surface area contributed by atoms with E-state index in [4.69, 9.17) is 0 Å². The van der Waals surface area contributed by atoms with E-state index in [0.29, 0.717) is 26.1 Å². The van der Waals surface area contributed by atoms with E-state index in [9.17, 15) is 14.4 Å². The summed E-state index contributed by atoms with van der Waals surface area (Å²) >= 11 is 0. The largest absolute Gasteiger partial charge is 0.345 e. The molecule has 27 heavy (non-hydrogen) atoms. The molecule has 1 aromatic rings. The van der Waals surface area contributed by atoms with Gasteiger partial charge in [-0.1, -0.05) is 0 Å². The van der Waals surface area contributed by atoms with Crippen LogP contribution in [0.2, 0.25) is 0 Å². The molecule has 1 N–H and O–H groups in total. The van der Waals surface area contributed by atoms with Gasteiger partial charge in [0.05, 0.1) is 0 Å². The zero-order valence-corrected chi connectivity index (χ0v) is 16.1. The van der Waals surface area contributed by atoms with Crippen molar-refractivity contribution in [3.63, 3.8) is 0 Å². The van der Waals surface area contributed by atoms with Crippen molar-refractivity contribution in [1.29, 1.82) is 0 Å². The third-order valence-electron chi connectivity index (χ3n) is 5.80. The molecule has 7 nitrogen and oxygen atoms in total. The van der Waals surface area contributed by atoms with Crippen LogP contribution < -0.4 is 5.32 Å². The van der Waals surface area contributed by atoms with E-state index in [2.05, 4.69) is 10.3 Å². The zero-order chi connectivity index (χ0) is 19.4. The first kappa shape index (κ1) is 19.3. The van der Waals surface area contributed by atoms with E-state index in [-0.39, 0.29) is 23.1 Å². The normalized spacial score (nSPS) is 20.4. The van der Waals surface area contributed by atoms with Gasteiger partial charge in [-0.25, -0.2) is 0 Å². The zero-order valence-electron chi connectivity index (χ0n) is 16.1. The number of amides is 3. The van der Waals surface area contributed by atoms with Crippen LogP contribution in [-0.2, 0) is 20.9 Å². The molecular formula is C20H28N4O3. The Hall–Kier alpha value is -2.44. The van der Waals surface area contributed by atoms with Crippen molar-refractivity contribution < 1.29 is 14.4 Å². The van der Waals surface area contributed by atoms with Crippen LogP contribution in [0.25, 0.3) is 0 Å². The van der Waals surface area contributed by atoms with E-state index in [1.165, 1.54) is 6.92 Å². The summed E-state index contributed by atoms with van der Waals surface area (Å²) in [5, 5.41) is 2.66. The van der Waals surface area contributed by atoms with Gasteiger partial charge >= 0.3 is 0 Å². The van der Waals surface area contributed by atoms with Gasteiger partial charge < -0.3 is 15.1 Å². The molecule has 2 aliphatic rings. The van der Waals surface area contributed by atoms with Crippen molar-refractivity contribution in [1.82, 2.24) is 20.1 Å². The highest BCUT2D eigenvalue weighted by atomic mass is 16.2. The van der Waals surface area contributed by atoms with E-state index < -0.39 is 6.04 Å². The van der Waals surface area contributed by atoms with Crippen molar-refractivity contribution in [2.45, 2.75) is 52.1 Å². The molecule has 3 heterocycles. The standard InChI is InChI=1S/C20H28N4O3/c1-15(22-16(2)25)19(27)23-11-7-20(8-12-23)6-3-18(26)24(14-20)13-17-4-9-21-10-5-17/h4-5,9-10,15H,3,6-8,11-14H2,1-2H3,(H,22,25)/t15-/m0/s1. The van der Waals surface area contributed by atoms with Crippen molar-refractivity contribution >= 4 is 17.7 Å². The summed E-state index contributed by atoms with van der Waals surface area (Å²) in [6, 6.07) is 3.39. The summed E-state index contributed by atoms with van der Waals surface area (Å²) in [6.45, 7) is 5.87. The second kappa shape index (κ2) is 8.06. The number of nitrogens with zero attached hydrogens (tertiary/aromatic N) is 3. The summed E-state index contributed by atoms with van der Waals surface area (Å²) in [7, 11) is 0. The molecule has 0 bridgehead atoms. The van der Waals surface area contributed by atoms with E-state index in [1.807, 2.05) is 21.9 Å². The number of piperidine rings is 2. The quantitative estimate of drug-likeness (QED) is 0.865. The number of hydrogen-bond donors (Lipinski definition) is 1. The smallest absolute Gasteiger partial charge is 0.244 e. The Morgan fingerprint density at radius 2 is 1.89 bits per heavy atom. The highest BCUT2D eigenvalue weighted by molar-refractivity contribution is 5.86. The summed E-state index contributed by atoms with van der Waals surface area (Å²) in [5.41, 5.74) is 1.18. The number of hydrogen-bond acceptors (Lipinski definition) is 4. The number of rotatable bonds is 4. The average Bonchev–Trinajstić information content (AvgIpc) is 2.65. The Balaban J connectivity index is 1.59. The second-order valence-corrected chi connectivity index (χ2v) is 7.85. The average molecular weight is 372 g/mol. The number of aromatic nitrogens is 1. The van der Waals surface area contributed by atoms with E-state index in [0.717, 1.165) is 31.4 Å². The lowest BCUT2D eigenvalue weighted by atomic mass is 9.72. The van der Waals surface area contributed by atoms with Crippen molar-refractivity contribution in [2.24, 2.45) is 5.41 Å². The molecule has 146 valence electrons. The molecule has 2 fully saturated rings. The molecule has 0 aliphatic carbocycles. The molecule has 0 radical (unpaired) electrons. The van der Waals surface area contributed by atoms with E-state index >= 15 is 0 Å². The Labute approximate surface area is 160 Å². The van der Waals surface area contributed by atoms with Crippen LogP contribution in [0.1, 0.15) is 45.1 Å². The van der Waals surface area contributed by atoms with Gasteiger partial charge in [0.25, 0.3) is 0 Å². The van der Waals surface area contributed by atoms with Crippen molar-refractivity contribution in [2.75, 3.05) is 19.6 Å². The minimum atomic E-state index is -0.493. The molecule has 1 atom stereocenters. The monoisotopic (exact) mass is 372 g/mol.